The number of carbonyl (C=O) groups excluding carboxylic acids is 1. The highest BCUT2D eigenvalue weighted by Gasteiger charge is 2.24. The zero-order valence-electron chi connectivity index (χ0n) is 14.1. The van der Waals surface area contributed by atoms with Crippen LogP contribution < -0.4 is 14.2 Å². The van der Waals surface area contributed by atoms with E-state index in [1.165, 1.54) is 0 Å². The summed E-state index contributed by atoms with van der Waals surface area (Å²) >= 11 is 0. The van der Waals surface area contributed by atoms with E-state index in [-0.39, 0.29) is 11.6 Å². The van der Waals surface area contributed by atoms with Crippen molar-refractivity contribution in [1.82, 2.24) is 0 Å². The van der Waals surface area contributed by atoms with E-state index in [2.05, 4.69) is 4.99 Å². The molecule has 1 aliphatic rings. The molecule has 6 nitrogen and oxygen atoms in total. The molecule has 0 bridgehead atoms. The van der Waals surface area contributed by atoms with Gasteiger partial charge in [0.2, 0.25) is 5.90 Å². The number of carbonyl (C=O) groups is 1. The molecule has 0 aliphatic carbocycles. The zero-order chi connectivity index (χ0) is 17.8. The van der Waals surface area contributed by atoms with E-state index in [0.29, 0.717) is 28.4 Å². The first kappa shape index (κ1) is 16.6. The van der Waals surface area contributed by atoms with Crippen molar-refractivity contribution in [1.29, 1.82) is 0 Å². The minimum absolute atomic E-state index is 0.203. The SMILES string of the molecule is COc1ccc(C2=NC(=Cc3ccc(OC)cc3OC)C(=O)O2)cc1. The van der Waals surface area contributed by atoms with Gasteiger partial charge in [0.05, 0.1) is 21.3 Å². The normalized spacial score (nSPS) is 14.9. The van der Waals surface area contributed by atoms with E-state index in [1.807, 2.05) is 0 Å². The number of ether oxygens (including phenoxy) is 4. The summed E-state index contributed by atoms with van der Waals surface area (Å²) in [7, 11) is 4.72. The Balaban J connectivity index is 1.92. The maximum atomic E-state index is 12.1. The second-order valence-corrected chi connectivity index (χ2v) is 5.17. The lowest BCUT2D eigenvalue weighted by Gasteiger charge is -2.07. The molecule has 25 heavy (non-hydrogen) atoms. The van der Waals surface area contributed by atoms with Gasteiger partial charge in [0, 0.05) is 17.2 Å². The number of cyclic esters (lactones) is 1. The molecule has 0 aromatic heterocycles. The van der Waals surface area contributed by atoms with E-state index >= 15 is 0 Å². The van der Waals surface area contributed by atoms with Gasteiger partial charge in [-0.25, -0.2) is 9.79 Å². The Bertz CT molecular complexity index is 853. The van der Waals surface area contributed by atoms with Crippen molar-refractivity contribution in [2.45, 2.75) is 0 Å². The third-order valence-electron chi connectivity index (χ3n) is 3.69. The number of benzene rings is 2. The minimum atomic E-state index is -0.510. The minimum Gasteiger partial charge on any atom is -0.497 e. The Hall–Kier alpha value is -3.28. The van der Waals surface area contributed by atoms with Gasteiger partial charge in [0.25, 0.3) is 0 Å². The summed E-state index contributed by atoms with van der Waals surface area (Å²) in [5.41, 5.74) is 1.60. The lowest BCUT2D eigenvalue weighted by atomic mass is 10.1. The van der Waals surface area contributed by atoms with Crippen LogP contribution in [0.25, 0.3) is 6.08 Å². The number of nitrogens with zero attached hydrogens (tertiary/aromatic N) is 1. The summed E-state index contributed by atoms with van der Waals surface area (Å²) in [6.07, 6.45) is 1.62. The van der Waals surface area contributed by atoms with Crippen molar-refractivity contribution < 1.29 is 23.7 Å². The highest BCUT2D eigenvalue weighted by atomic mass is 16.6. The van der Waals surface area contributed by atoms with Crippen LogP contribution in [0.4, 0.5) is 0 Å². The summed E-state index contributed by atoms with van der Waals surface area (Å²) in [4.78, 5) is 16.4. The molecule has 2 aromatic carbocycles. The van der Waals surface area contributed by atoms with Crippen LogP contribution in [0.15, 0.2) is 53.2 Å². The van der Waals surface area contributed by atoms with Crippen LogP contribution in [0.5, 0.6) is 17.2 Å². The number of esters is 1. The Morgan fingerprint density at radius 2 is 1.60 bits per heavy atom. The third kappa shape index (κ3) is 3.47. The second kappa shape index (κ2) is 7.09. The lowest BCUT2D eigenvalue weighted by Crippen LogP contribution is -2.05. The van der Waals surface area contributed by atoms with E-state index < -0.39 is 5.97 Å². The molecule has 0 saturated carbocycles. The molecule has 0 N–H and O–H groups in total. The molecule has 2 aromatic rings. The molecule has 0 spiro atoms. The van der Waals surface area contributed by atoms with Crippen LogP contribution in [0.1, 0.15) is 11.1 Å². The van der Waals surface area contributed by atoms with Gasteiger partial charge < -0.3 is 18.9 Å². The van der Waals surface area contributed by atoms with Gasteiger partial charge in [0.1, 0.15) is 17.2 Å². The van der Waals surface area contributed by atoms with Crippen LogP contribution in [-0.2, 0) is 9.53 Å². The molecule has 0 radical (unpaired) electrons. The summed E-state index contributed by atoms with van der Waals surface area (Å²) in [6.45, 7) is 0. The summed E-state index contributed by atoms with van der Waals surface area (Å²) < 4.78 is 20.9. The smallest absolute Gasteiger partial charge is 0.363 e. The molecule has 1 aliphatic heterocycles. The Kier molecular flexibility index (Phi) is 4.70. The zero-order valence-corrected chi connectivity index (χ0v) is 14.1. The summed E-state index contributed by atoms with van der Waals surface area (Å²) in [5, 5.41) is 0. The maximum absolute atomic E-state index is 12.1. The summed E-state index contributed by atoms with van der Waals surface area (Å²) in [6, 6.07) is 12.4. The largest absolute Gasteiger partial charge is 0.497 e. The van der Waals surface area contributed by atoms with Gasteiger partial charge in [0.15, 0.2) is 5.70 Å². The highest BCUT2D eigenvalue weighted by Crippen LogP contribution is 2.28. The number of hydrogen-bond acceptors (Lipinski definition) is 6. The van der Waals surface area contributed by atoms with Crippen molar-refractivity contribution in [3.05, 3.63) is 59.3 Å². The van der Waals surface area contributed by atoms with Crippen molar-refractivity contribution in [3.8, 4) is 17.2 Å². The number of methoxy groups -OCH3 is 3. The van der Waals surface area contributed by atoms with Gasteiger partial charge in [-0.1, -0.05) is 0 Å². The lowest BCUT2D eigenvalue weighted by molar-refractivity contribution is -0.129. The van der Waals surface area contributed by atoms with Crippen molar-refractivity contribution >= 4 is 17.9 Å². The molecule has 3 rings (SSSR count). The van der Waals surface area contributed by atoms with Gasteiger partial charge in [-0.05, 0) is 42.5 Å². The number of aliphatic imine (C=N–C) groups is 1. The first-order valence-corrected chi connectivity index (χ1v) is 7.53. The fourth-order valence-corrected chi connectivity index (χ4v) is 2.35. The topological polar surface area (TPSA) is 66.3 Å². The molecule has 6 heteroatoms. The van der Waals surface area contributed by atoms with E-state index in [0.717, 1.165) is 0 Å². The van der Waals surface area contributed by atoms with Crippen molar-refractivity contribution in [2.75, 3.05) is 21.3 Å². The third-order valence-corrected chi connectivity index (χ3v) is 3.69. The van der Waals surface area contributed by atoms with Crippen LogP contribution in [0.3, 0.4) is 0 Å². The average molecular weight is 339 g/mol. The molecule has 0 atom stereocenters. The molecular weight excluding hydrogens is 322 g/mol. The monoisotopic (exact) mass is 339 g/mol. The molecule has 0 amide bonds. The van der Waals surface area contributed by atoms with Crippen LogP contribution in [-0.4, -0.2) is 33.2 Å². The molecule has 0 fully saturated rings. The van der Waals surface area contributed by atoms with Gasteiger partial charge >= 0.3 is 5.97 Å². The second-order valence-electron chi connectivity index (χ2n) is 5.17. The Morgan fingerprint density at radius 1 is 0.920 bits per heavy atom. The fraction of sp³-hybridized carbons (Fsp3) is 0.158. The van der Waals surface area contributed by atoms with Crippen LogP contribution in [0.2, 0.25) is 0 Å². The standard InChI is InChI=1S/C19H17NO5/c1-22-14-7-4-12(5-8-14)18-20-16(19(21)25-18)10-13-6-9-15(23-2)11-17(13)24-3/h4-11H,1-3H3. The Labute approximate surface area is 145 Å². The predicted octanol–water partition coefficient (Wildman–Crippen LogP) is 3.06. The average Bonchev–Trinajstić information content (AvgIpc) is 3.02. The van der Waals surface area contributed by atoms with E-state index in [4.69, 9.17) is 18.9 Å². The first-order chi connectivity index (χ1) is 12.1. The van der Waals surface area contributed by atoms with Crippen LogP contribution in [0, 0.1) is 0 Å². The number of hydrogen-bond donors (Lipinski definition) is 0. The molecule has 0 saturated heterocycles. The molecular formula is C19H17NO5. The maximum Gasteiger partial charge on any atom is 0.363 e. The van der Waals surface area contributed by atoms with Crippen LogP contribution >= 0.6 is 0 Å². The predicted molar refractivity (Wildman–Crippen MR) is 93.1 cm³/mol. The Morgan fingerprint density at radius 3 is 2.24 bits per heavy atom. The van der Waals surface area contributed by atoms with E-state index in [9.17, 15) is 4.79 Å². The number of rotatable bonds is 5. The van der Waals surface area contributed by atoms with Gasteiger partial charge in [-0.15, -0.1) is 0 Å². The fourth-order valence-electron chi connectivity index (χ4n) is 2.35. The van der Waals surface area contributed by atoms with Crippen molar-refractivity contribution in [3.63, 3.8) is 0 Å². The molecule has 0 unspecified atom stereocenters. The summed E-state index contributed by atoms with van der Waals surface area (Å²) in [5.74, 6) is 1.70. The van der Waals surface area contributed by atoms with Crippen molar-refractivity contribution in [2.24, 2.45) is 4.99 Å². The van der Waals surface area contributed by atoms with Gasteiger partial charge in [-0.2, -0.15) is 0 Å². The molecule has 128 valence electrons. The van der Waals surface area contributed by atoms with E-state index in [1.54, 1.807) is 69.9 Å². The van der Waals surface area contributed by atoms with Gasteiger partial charge in [-0.3, -0.25) is 0 Å². The quantitative estimate of drug-likeness (QED) is 0.619. The highest BCUT2D eigenvalue weighted by molar-refractivity contribution is 6.13. The first-order valence-electron chi connectivity index (χ1n) is 7.53. The molecule has 1 heterocycles.